The molecule has 36 heteroatoms. The van der Waals surface area contributed by atoms with E-state index in [2.05, 4.69) is 58.2 Å². The van der Waals surface area contributed by atoms with Crippen molar-refractivity contribution < 1.29 is 96.8 Å². The van der Waals surface area contributed by atoms with Crippen molar-refractivity contribution in [2.24, 2.45) is 52.0 Å². The van der Waals surface area contributed by atoms with E-state index < -0.39 is 213 Å². The van der Waals surface area contributed by atoms with Crippen LogP contribution in [0.3, 0.4) is 0 Å². The fourth-order valence-corrected chi connectivity index (χ4v) is 10.9. The minimum atomic E-state index is -1.84. The minimum Gasteiger partial charge on any atom is -0.481 e. The number of allylic oxidation sites excluding steroid dienone is 2. The lowest BCUT2D eigenvalue weighted by atomic mass is 9.85. The number of aliphatic imine (C=N–C) groups is 1. The number of rotatable bonds is 38. The molecule has 1 saturated carbocycles. The van der Waals surface area contributed by atoms with Crippen molar-refractivity contribution in [3.8, 4) is 0 Å². The predicted octanol–water partition coefficient (Wildman–Crippen LogP) is -7.14. The van der Waals surface area contributed by atoms with Gasteiger partial charge in [0.05, 0.1) is 44.4 Å². The quantitative estimate of drug-likeness (QED) is 0.00898. The molecule has 0 radical (unpaired) electrons. The maximum absolute atomic E-state index is 13.7. The molecule has 14 amide bonds. The SMILES string of the molecule is CC(C)C[C@H](NC(=O)CNC(=O)[C@H](CC(C)C)NC(=O)C1CCCN1C(=O)CNC(=O)CN1C(=O)C2C3C=CC(C3)C2C1=O)C(=O)N[C@@H](C)C(=O)NCC(=O)NCC(=O)N[C@@H](CCC(=O)O)C(=O)N[C@@H](CCCN=C(N)N)C(=O)N[C@@H](CC(=O)O)C(=O)NCC(=O)O. The highest BCUT2D eigenvalue weighted by Gasteiger charge is 2.59. The number of nitrogens with one attached hydrogen (secondary N) is 11. The highest BCUT2D eigenvalue weighted by Crippen LogP contribution is 2.52. The van der Waals surface area contributed by atoms with Gasteiger partial charge in [-0.15, -0.1) is 0 Å². The zero-order chi connectivity index (χ0) is 68.7. The van der Waals surface area contributed by atoms with Crippen molar-refractivity contribution in [2.45, 2.75) is 141 Å². The van der Waals surface area contributed by atoms with Crippen LogP contribution in [-0.2, 0) is 81.5 Å². The van der Waals surface area contributed by atoms with Gasteiger partial charge in [-0.2, -0.15) is 0 Å². The van der Waals surface area contributed by atoms with Crippen LogP contribution in [0.4, 0.5) is 0 Å². The molecule has 5 unspecified atom stereocenters. The zero-order valence-corrected chi connectivity index (χ0v) is 51.7. The molecule has 0 aromatic heterocycles. The highest BCUT2D eigenvalue weighted by molar-refractivity contribution is 6.09. The van der Waals surface area contributed by atoms with E-state index in [4.69, 9.17) is 16.6 Å². The molecule has 2 heterocycles. The summed E-state index contributed by atoms with van der Waals surface area (Å²) in [6.07, 6.45) is 2.82. The minimum absolute atomic E-state index is 0.0149. The van der Waals surface area contributed by atoms with Crippen LogP contribution in [-0.4, -0.2) is 226 Å². The van der Waals surface area contributed by atoms with Crippen molar-refractivity contribution >= 4 is 107 Å². The molecule has 3 fully saturated rings. The van der Waals surface area contributed by atoms with Gasteiger partial charge in [-0.1, -0.05) is 39.8 Å². The van der Waals surface area contributed by atoms with E-state index in [9.17, 15) is 91.7 Å². The lowest BCUT2D eigenvalue weighted by Crippen LogP contribution is -2.57. The number of nitrogens with zero attached hydrogens (tertiary/aromatic N) is 3. The Hall–Kier alpha value is -9.80. The number of guanidine groups is 1. The first-order valence-corrected chi connectivity index (χ1v) is 30.0. The fourth-order valence-electron chi connectivity index (χ4n) is 10.9. The van der Waals surface area contributed by atoms with E-state index in [1.54, 1.807) is 27.7 Å². The van der Waals surface area contributed by atoms with Crippen LogP contribution in [0.15, 0.2) is 17.1 Å². The Kier molecular flexibility index (Phi) is 28.9. The van der Waals surface area contributed by atoms with Crippen LogP contribution in [0, 0.1) is 35.5 Å². The third kappa shape index (κ3) is 23.5. The molecule has 2 aliphatic heterocycles. The van der Waals surface area contributed by atoms with Crippen molar-refractivity contribution in [1.82, 2.24) is 68.3 Å². The van der Waals surface area contributed by atoms with Crippen molar-refractivity contribution in [2.75, 3.05) is 52.4 Å². The number of carboxylic acids is 3. The summed E-state index contributed by atoms with van der Waals surface area (Å²) in [4.78, 5) is 225. The number of carboxylic acid groups (broad SMARTS) is 3. The second-order valence-electron chi connectivity index (χ2n) is 23.5. The molecule has 2 saturated heterocycles. The summed E-state index contributed by atoms with van der Waals surface area (Å²) in [5.41, 5.74) is 10.7. The molecule has 4 aliphatic rings. The van der Waals surface area contributed by atoms with Gasteiger partial charge >= 0.3 is 17.9 Å². The second-order valence-corrected chi connectivity index (χ2v) is 23.5. The Morgan fingerprint density at radius 3 is 1.61 bits per heavy atom. The first kappa shape index (κ1) is 74.7. The average molecular weight is 1300 g/mol. The number of hydrogen-bond donors (Lipinski definition) is 16. The van der Waals surface area contributed by atoms with E-state index in [1.807, 2.05) is 17.5 Å². The number of likely N-dealkylation sites (tertiary alicyclic amines) is 2. The van der Waals surface area contributed by atoms with Gasteiger partial charge in [0.15, 0.2) is 5.96 Å². The second kappa shape index (κ2) is 35.6. The van der Waals surface area contributed by atoms with Gasteiger partial charge in [0, 0.05) is 19.5 Å². The predicted molar refractivity (Wildman–Crippen MR) is 317 cm³/mol. The van der Waals surface area contributed by atoms with Gasteiger partial charge in [0.25, 0.3) is 0 Å². The molecule has 11 atom stereocenters. The number of fused-ring (bicyclic) bond motifs is 5. The van der Waals surface area contributed by atoms with E-state index in [1.165, 1.54) is 11.8 Å². The van der Waals surface area contributed by atoms with E-state index in [-0.39, 0.29) is 74.8 Å². The number of carbonyl (C=O) groups is 17. The fraction of sp³-hybridized carbons (Fsp3) is 0.643. The summed E-state index contributed by atoms with van der Waals surface area (Å²) in [7, 11) is 0. The van der Waals surface area contributed by atoms with Crippen LogP contribution in [0.25, 0.3) is 0 Å². The van der Waals surface area contributed by atoms with Crippen molar-refractivity contribution in [3.63, 3.8) is 0 Å². The summed E-state index contributed by atoms with van der Waals surface area (Å²) < 4.78 is 0. The molecule has 36 nitrogen and oxygen atoms in total. The molecule has 4 rings (SSSR count). The Morgan fingerprint density at radius 2 is 1.04 bits per heavy atom. The van der Waals surface area contributed by atoms with Gasteiger partial charge in [-0.3, -0.25) is 91.4 Å². The molecule has 2 aliphatic carbocycles. The number of aliphatic carboxylic acids is 3. The lowest BCUT2D eigenvalue weighted by molar-refractivity contribution is -0.145. The normalized spacial score (nSPS) is 19.6. The van der Waals surface area contributed by atoms with Gasteiger partial charge in [0.1, 0.15) is 55.4 Å². The summed E-state index contributed by atoms with van der Waals surface area (Å²) >= 11 is 0. The van der Waals surface area contributed by atoms with Gasteiger partial charge < -0.3 is 90.2 Å². The van der Waals surface area contributed by atoms with Gasteiger partial charge in [0.2, 0.25) is 82.7 Å². The van der Waals surface area contributed by atoms with Gasteiger partial charge in [-0.05, 0) is 82.0 Å². The highest BCUT2D eigenvalue weighted by atomic mass is 16.4. The van der Waals surface area contributed by atoms with E-state index >= 15 is 0 Å². The Balaban J connectivity index is 1.25. The standard InChI is InChI=1S/C56H84N16O20/c1-26(2)16-33(70-53(90)36-9-7-15-71(36)41(77)23-61-40(76)25-72-54(91)45-29-10-11-30(18-29)46(45)55(72)92)48(85)63-22-39(75)67-34(17-27(3)4)52(89)65-28(5)47(84)62-20-37(73)60-21-38(74)66-32(12-13-42(78)79)51(88)68-31(8-6-14-59-56(57)58)50(87)69-35(19-43(80)81)49(86)64-24-44(82)83/h10-11,26-36,45-46H,6-9,12-25H2,1-5H3,(H,60,73)(H,61,76)(H,62,84)(H,63,85)(H,64,86)(H,65,89)(H,66,74)(H,67,75)(H,68,88)(H,69,87)(H,70,90)(H,78,79)(H,80,81)(H,82,83)(H4,57,58,59)/t28-,29?,30?,31-,32-,33-,34-,35-,36?,45?,46?/m0/s1. The Labute approximate surface area is 527 Å². The number of amides is 14. The van der Waals surface area contributed by atoms with E-state index in [0.717, 1.165) is 11.3 Å². The number of imide groups is 1. The Bertz CT molecular complexity index is 2870. The largest absolute Gasteiger partial charge is 0.481 e. The molecule has 508 valence electrons. The van der Waals surface area contributed by atoms with Crippen LogP contribution in [0.2, 0.25) is 0 Å². The smallest absolute Gasteiger partial charge is 0.322 e. The van der Waals surface area contributed by atoms with Crippen molar-refractivity contribution in [1.29, 1.82) is 0 Å². The maximum Gasteiger partial charge on any atom is 0.322 e. The lowest BCUT2D eigenvalue weighted by Gasteiger charge is -2.27. The van der Waals surface area contributed by atoms with Crippen LogP contribution in [0.5, 0.6) is 0 Å². The summed E-state index contributed by atoms with van der Waals surface area (Å²) in [5.74, 6) is -17.9. The number of nitrogens with two attached hydrogens (primary N) is 2. The zero-order valence-electron chi connectivity index (χ0n) is 51.7. The summed E-state index contributed by atoms with van der Waals surface area (Å²) in [6, 6.07) is -9.92. The van der Waals surface area contributed by atoms with Crippen molar-refractivity contribution in [3.05, 3.63) is 12.2 Å². The van der Waals surface area contributed by atoms with Crippen LogP contribution < -0.4 is 70.0 Å². The third-order valence-corrected chi connectivity index (χ3v) is 15.2. The van der Waals surface area contributed by atoms with Gasteiger partial charge in [-0.25, -0.2) is 0 Å². The monoisotopic (exact) mass is 1300 g/mol. The molecule has 2 bridgehead atoms. The molecular formula is C56H84N16O20. The first-order chi connectivity index (χ1) is 43.3. The Morgan fingerprint density at radius 1 is 0.543 bits per heavy atom. The third-order valence-electron chi connectivity index (χ3n) is 15.2. The average Bonchev–Trinajstić information content (AvgIpc) is 1.58. The van der Waals surface area contributed by atoms with Crippen LogP contribution in [0.1, 0.15) is 98.8 Å². The summed E-state index contributed by atoms with van der Waals surface area (Å²) in [5, 5.41) is 53.2. The van der Waals surface area contributed by atoms with E-state index in [0.29, 0.717) is 6.42 Å². The number of hydrogen-bond acceptors (Lipinski definition) is 18. The molecule has 0 aromatic rings. The maximum atomic E-state index is 13.7. The molecule has 0 aromatic carbocycles. The molecule has 92 heavy (non-hydrogen) atoms. The molecule has 18 N–H and O–H groups in total. The topological polar surface area (TPSA) is 554 Å². The molecular weight excluding hydrogens is 1220 g/mol. The summed E-state index contributed by atoms with van der Waals surface area (Å²) in [6.45, 7) is 4.12. The van der Waals surface area contributed by atoms with Crippen LogP contribution >= 0.6 is 0 Å². The first-order valence-electron chi connectivity index (χ1n) is 30.0. The molecule has 0 spiro atoms. The number of carbonyl (C=O) groups excluding carboxylic acids is 14.